The number of hydrogen-bond donors (Lipinski definition) is 1. The lowest BCUT2D eigenvalue weighted by molar-refractivity contribution is 0.819. The number of hydrogen-bond acceptors (Lipinski definition) is 1. The molecule has 2 aromatic rings. The molecule has 0 unspecified atom stereocenters. The second kappa shape index (κ2) is 6.74. The Morgan fingerprint density at radius 2 is 1.95 bits per heavy atom. The van der Waals surface area contributed by atoms with Crippen molar-refractivity contribution in [3.63, 3.8) is 0 Å². The predicted molar refractivity (Wildman–Crippen MR) is 83.6 cm³/mol. The van der Waals surface area contributed by atoms with Crippen LogP contribution in [0.25, 0.3) is 11.1 Å². The summed E-state index contributed by atoms with van der Waals surface area (Å²) in [7, 11) is 1.96. The summed E-state index contributed by atoms with van der Waals surface area (Å²) in [5, 5.41) is 4.00. The van der Waals surface area contributed by atoms with E-state index in [1.54, 1.807) is 0 Å². The van der Waals surface area contributed by atoms with E-state index >= 15 is 0 Å². The minimum atomic E-state index is 0.788. The van der Waals surface area contributed by atoms with Crippen LogP contribution in [0.3, 0.4) is 0 Å². The molecule has 19 heavy (non-hydrogen) atoms. The van der Waals surface area contributed by atoms with Gasteiger partial charge in [0.15, 0.2) is 0 Å². The highest BCUT2D eigenvalue weighted by molar-refractivity contribution is 6.30. The molecular formula is C17H20ClN. The fourth-order valence-corrected chi connectivity index (χ4v) is 2.52. The summed E-state index contributed by atoms with van der Waals surface area (Å²) in [5.74, 6) is 0. The number of aryl methyl sites for hydroxylation is 1. The molecule has 0 aliphatic heterocycles. The predicted octanol–water partition coefficient (Wildman–Crippen LogP) is 4.68. The maximum atomic E-state index is 6.15. The van der Waals surface area contributed by atoms with Gasteiger partial charge in [-0.2, -0.15) is 0 Å². The van der Waals surface area contributed by atoms with Gasteiger partial charge < -0.3 is 5.32 Å². The zero-order chi connectivity index (χ0) is 13.7. The summed E-state index contributed by atoms with van der Waals surface area (Å²) in [6.07, 6.45) is 2.29. The summed E-state index contributed by atoms with van der Waals surface area (Å²) in [6.45, 7) is 3.06. The van der Waals surface area contributed by atoms with Crippen molar-refractivity contribution in [1.29, 1.82) is 0 Å². The second-order valence-corrected chi connectivity index (χ2v) is 5.22. The average Bonchev–Trinajstić information content (AvgIpc) is 2.42. The lowest BCUT2D eigenvalue weighted by atomic mass is 9.97. The van der Waals surface area contributed by atoms with Crippen LogP contribution in [-0.4, -0.2) is 7.05 Å². The van der Waals surface area contributed by atoms with E-state index in [4.69, 9.17) is 11.6 Å². The zero-order valence-corrected chi connectivity index (χ0v) is 12.3. The minimum Gasteiger partial charge on any atom is -0.316 e. The molecule has 0 amide bonds. The highest BCUT2D eigenvalue weighted by Crippen LogP contribution is 2.28. The molecule has 0 fully saturated rings. The van der Waals surface area contributed by atoms with Gasteiger partial charge in [-0.1, -0.05) is 55.3 Å². The summed E-state index contributed by atoms with van der Waals surface area (Å²) in [4.78, 5) is 0. The molecule has 1 nitrogen and oxygen atoms in total. The van der Waals surface area contributed by atoms with E-state index in [2.05, 4.69) is 48.6 Å². The van der Waals surface area contributed by atoms with Crippen LogP contribution in [0.15, 0.2) is 42.5 Å². The van der Waals surface area contributed by atoms with E-state index in [0.29, 0.717) is 0 Å². The van der Waals surface area contributed by atoms with Gasteiger partial charge in [0.1, 0.15) is 0 Å². The van der Waals surface area contributed by atoms with Crippen molar-refractivity contribution in [2.24, 2.45) is 0 Å². The third-order valence-corrected chi connectivity index (χ3v) is 3.45. The first-order valence-corrected chi connectivity index (χ1v) is 7.14. The monoisotopic (exact) mass is 273 g/mol. The molecule has 0 atom stereocenters. The number of benzene rings is 2. The molecule has 0 saturated heterocycles. The molecule has 0 aliphatic carbocycles. The Hall–Kier alpha value is -1.31. The maximum absolute atomic E-state index is 6.15. The Labute approximate surface area is 120 Å². The molecule has 2 heteroatoms. The van der Waals surface area contributed by atoms with Crippen LogP contribution in [0.2, 0.25) is 5.02 Å². The van der Waals surface area contributed by atoms with Crippen LogP contribution in [-0.2, 0) is 13.0 Å². The van der Waals surface area contributed by atoms with Gasteiger partial charge in [-0.25, -0.2) is 0 Å². The SMILES string of the molecule is CCCc1cccc(-c2cc(Cl)ccc2CNC)c1. The van der Waals surface area contributed by atoms with E-state index < -0.39 is 0 Å². The molecule has 2 rings (SSSR count). The molecule has 0 bridgehead atoms. The Balaban J connectivity index is 2.44. The summed E-state index contributed by atoms with van der Waals surface area (Å²) in [5.41, 5.74) is 5.13. The van der Waals surface area contributed by atoms with Gasteiger partial charge in [0.25, 0.3) is 0 Å². The van der Waals surface area contributed by atoms with Gasteiger partial charge >= 0.3 is 0 Å². The van der Waals surface area contributed by atoms with Gasteiger partial charge in [-0.3, -0.25) is 0 Å². The van der Waals surface area contributed by atoms with Crippen molar-refractivity contribution >= 4 is 11.6 Å². The quantitative estimate of drug-likeness (QED) is 0.834. The molecule has 2 aromatic carbocycles. The van der Waals surface area contributed by atoms with Crippen LogP contribution < -0.4 is 5.32 Å². The minimum absolute atomic E-state index is 0.788. The fraction of sp³-hybridized carbons (Fsp3) is 0.294. The molecule has 0 radical (unpaired) electrons. The molecule has 0 spiro atoms. The Bertz CT molecular complexity index is 549. The number of rotatable bonds is 5. The van der Waals surface area contributed by atoms with Crippen molar-refractivity contribution < 1.29 is 0 Å². The Morgan fingerprint density at radius 1 is 1.11 bits per heavy atom. The average molecular weight is 274 g/mol. The molecule has 0 aromatic heterocycles. The topological polar surface area (TPSA) is 12.0 Å². The van der Waals surface area contributed by atoms with E-state index in [9.17, 15) is 0 Å². The molecular weight excluding hydrogens is 254 g/mol. The first-order valence-electron chi connectivity index (χ1n) is 6.77. The van der Waals surface area contributed by atoms with Gasteiger partial charge in [0.2, 0.25) is 0 Å². The van der Waals surface area contributed by atoms with Crippen LogP contribution in [0, 0.1) is 0 Å². The van der Waals surface area contributed by atoms with E-state index in [1.807, 2.05) is 13.1 Å². The van der Waals surface area contributed by atoms with Crippen LogP contribution >= 0.6 is 11.6 Å². The van der Waals surface area contributed by atoms with Crippen LogP contribution in [0.4, 0.5) is 0 Å². The smallest absolute Gasteiger partial charge is 0.0412 e. The highest BCUT2D eigenvalue weighted by Gasteiger charge is 2.06. The highest BCUT2D eigenvalue weighted by atomic mass is 35.5. The third-order valence-electron chi connectivity index (χ3n) is 3.22. The van der Waals surface area contributed by atoms with E-state index in [1.165, 1.54) is 28.7 Å². The third kappa shape index (κ3) is 3.59. The second-order valence-electron chi connectivity index (χ2n) is 4.78. The van der Waals surface area contributed by atoms with Gasteiger partial charge in [-0.05, 0) is 47.9 Å². The summed E-state index contributed by atoms with van der Waals surface area (Å²) in [6, 6.07) is 14.9. The lowest BCUT2D eigenvalue weighted by Crippen LogP contribution is -2.06. The largest absolute Gasteiger partial charge is 0.316 e. The maximum Gasteiger partial charge on any atom is 0.0412 e. The van der Waals surface area contributed by atoms with Crippen LogP contribution in [0.5, 0.6) is 0 Å². The van der Waals surface area contributed by atoms with E-state index in [-0.39, 0.29) is 0 Å². The lowest BCUT2D eigenvalue weighted by Gasteiger charge is -2.11. The van der Waals surface area contributed by atoms with Crippen molar-refractivity contribution in [1.82, 2.24) is 5.32 Å². The first kappa shape index (κ1) is 14.1. The standard InChI is InChI=1S/C17H20ClN/c1-3-5-13-6-4-7-14(10-13)17-11-16(18)9-8-15(17)12-19-2/h4,6-11,19H,3,5,12H2,1-2H3. The molecule has 0 saturated carbocycles. The molecule has 0 heterocycles. The van der Waals surface area contributed by atoms with E-state index in [0.717, 1.165) is 18.0 Å². The van der Waals surface area contributed by atoms with Crippen molar-refractivity contribution in [2.45, 2.75) is 26.3 Å². The molecule has 0 aliphatic rings. The zero-order valence-electron chi connectivity index (χ0n) is 11.5. The number of halogens is 1. The van der Waals surface area contributed by atoms with Crippen molar-refractivity contribution in [3.8, 4) is 11.1 Å². The van der Waals surface area contributed by atoms with Crippen molar-refractivity contribution in [3.05, 3.63) is 58.6 Å². The molecule has 1 N–H and O–H groups in total. The van der Waals surface area contributed by atoms with Gasteiger partial charge in [-0.15, -0.1) is 0 Å². The Kier molecular flexibility index (Phi) is 5.00. The Morgan fingerprint density at radius 3 is 2.68 bits per heavy atom. The summed E-state index contributed by atoms with van der Waals surface area (Å²) >= 11 is 6.15. The van der Waals surface area contributed by atoms with Gasteiger partial charge in [0, 0.05) is 11.6 Å². The molecule has 100 valence electrons. The first-order chi connectivity index (χ1) is 9.24. The van der Waals surface area contributed by atoms with Crippen molar-refractivity contribution in [2.75, 3.05) is 7.05 Å². The fourth-order valence-electron chi connectivity index (χ4n) is 2.35. The summed E-state index contributed by atoms with van der Waals surface area (Å²) < 4.78 is 0. The van der Waals surface area contributed by atoms with Gasteiger partial charge in [0.05, 0.1) is 0 Å². The van der Waals surface area contributed by atoms with Crippen LogP contribution in [0.1, 0.15) is 24.5 Å². The number of nitrogens with one attached hydrogen (secondary N) is 1. The normalized spacial score (nSPS) is 10.7.